The maximum atomic E-state index is 14.2. The quantitative estimate of drug-likeness (QED) is 0.265. The van der Waals surface area contributed by atoms with Gasteiger partial charge in [0.25, 0.3) is 0 Å². The Morgan fingerprint density at radius 1 is 1.07 bits per heavy atom. The molecule has 1 aliphatic heterocycles. The summed E-state index contributed by atoms with van der Waals surface area (Å²) in [6.07, 6.45) is 1.62. The number of hydrogen-bond acceptors (Lipinski definition) is 8. The Balaban J connectivity index is 1.58. The lowest BCUT2D eigenvalue weighted by Crippen LogP contribution is -2.46. The van der Waals surface area contributed by atoms with Crippen molar-refractivity contribution in [3.8, 4) is 17.2 Å². The Morgan fingerprint density at radius 2 is 1.79 bits per heavy atom. The van der Waals surface area contributed by atoms with E-state index in [2.05, 4.69) is 15.6 Å². The molecular weight excluding hydrogens is 557 g/mol. The second-order valence-corrected chi connectivity index (χ2v) is 10.1. The molecule has 0 unspecified atom stereocenters. The van der Waals surface area contributed by atoms with Crippen molar-refractivity contribution >= 4 is 22.8 Å². The minimum atomic E-state index is -1.14. The van der Waals surface area contributed by atoms with Crippen molar-refractivity contribution in [1.82, 2.24) is 25.2 Å². The summed E-state index contributed by atoms with van der Waals surface area (Å²) in [6.45, 7) is 0.728. The monoisotopic (exact) mass is 591 g/mol. The fourth-order valence-electron chi connectivity index (χ4n) is 5.21. The van der Waals surface area contributed by atoms with Crippen LogP contribution in [0.2, 0.25) is 0 Å². The highest BCUT2D eigenvalue weighted by molar-refractivity contribution is 5.89. The maximum absolute atomic E-state index is 14.2. The van der Waals surface area contributed by atoms with E-state index in [1.165, 1.54) is 43.0 Å². The standard InChI is InChI=1S/C31H34FN5O6/c1-40-26-15-21(16-27(41-2)30(26)42-3)29(31(39)33-17-23-7-6-14-43-23)36(18-20-10-12-22(32)13-11-20)28(38)19-37-25-9-5-4-8-24(25)34-35-37/h4-5,8-13,15-16,23,29H,6-7,14,17-19H2,1-3H3,(H,33,39)/t23-,29+/m0/s1. The molecule has 5 rings (SSSR count). The van der Waals surface area contributed by atoms with Gasteiger partial charge in [0.1, 0.15) is 23.9 Å². The number of carbonyl (C=O) groups excluding carboxylic acids is 2. The SMILES string of the molecule is COc1cc([C@H](C(=O)NC[C@@H]2CCCO2)N(Cc2ccc(F)cc2)C(=O)Cn2nnc3ccccc32)cc(OC)c1OC. The molecule has 2 amide bonds. The number of carbonyl (C=O) groups is 2. The lowest BCUT2D eigenvalue weighted by molar-refractivity contribution is -0.142. The lowest BCUT2D eigenvalue weighted by atomic mass is 10.0. The molecule has 12 heteroatoms. The van der Waals surface area contributed by atoms with Gasteiger partial charge in [0.15, 0.2) is 11.5 Å². The number of methoxy groups -OCH3 is 3. The smallest absolute Gasteiger partial charge is 0.247 e. The van der Waals surface area contributed by atoms with E-state index in [1.807, 2.05) is 18.2 Å². The zero-order valence-electron chi connectivity index (χ0n) is 24.3. The highest BCUT2D eigenvalue weighted by Gasteiger charge is 2.34. The molecular formula is C31H34FN5O6. The molecule has 4 aromatic rings. The molecule has 1 saturated heterocycles. The molecule has 0 spiro atoms. The van der Waals surface area contributed by atoms with Crippen LogP contribution in [0, 0.1) is 5.82 Å². The largest absolute Gasteiger partial charge is 0.493 e. The highest BCUT2D eigenvalue weighted by Crippen LogP contribution is 2.41. The van der Waals surface area contributed by atoms with Crippen molar-refractivity contribution in [2.24, 2.45) is 0 Å². The van der Waals surface area contributed by atoms with Crippen LogP contribution >= 0.6 is 0 Å². The molecule has 1 aromatic heterocycles. The van der Waals surface area contributed by atoms with Crippen LogP contribution in [-0.4, -0.2) is 72.3 Å². The zero-order valence-corrected chi connectivity index (χ0v) is 24.3. The van der Waals surface area contributed by atoms with Gasteiger partial charge in [0, 0.05) is 19.7 Å². The third kappa shape index (κ3) is 6.69. The van der Waals surface area contributed by atoms with Crippen molar-refractivity contribution in [2.75, 3.05) is 34.5 Å². The number of ether oxygens (including phenoxy) is 4. The summed E-state index contributed by atoms with van der Waals surface area (Å²) in [5, 5.41) is 11.3. The molecule has 0 aliphatic carbocycles. The van der Waals surface area contributed by atoms with E-state index < -0.39 is 23.7 Å². The second kappa shape index (κ2) is 13.5. The summed E-state index contributed by atoms with van der Waals surface area (Å²) in [6, 6.07) is 15.2. The van der Waals surface area contributed by atoms with E-state index in [1.54, 1.807) is 30.3 Å². The minimum Gasteiger partial charge on any atom is -0.493 e. The number of para-hydroxylation sites is 1. The third-order valence-corrected chi connectivity index (χ3v) is 7.38. The Labute approximate surface area is 248 Å². The topological polar surface area (TPSA) is 117 Å². The van der Waals surface area contributed by atoms with E-state index in [-0.39, 0.29) is 25.7 Å². The maximum Gasteiger partial charge on any atom is 0.247 e. The van der Waals surface area contributed by atoms with Crippen LogP contribution in [0.3, 0.4) is 0 Å². The van der Waals surface area contributed by atoms with Crippen LogP contribution in [0.1, 0.15) is 30.0 Å². The zero-order chi connectivity index (χ0) is 30.3. The summed E-state index contributed by atoms with van der Waals surface area (Å²) < 4.78 is 37.6. The molecule has 226 valence electrons. The van der Waals surface area contributed by atoms with Crippen molar-refractivity contribution < 1.29 is 32.9 Å². The molecule has 2 heterocycles. The second-order valence-electron chi connectivity index (χ2n) is 10.1. The number of fused-ring (bicyclic) bond motifs is 1. The fraction of sp³-hybridized carbons (Fsp3) is 0.355. The summed E-state index contributed by atoms with van der Waals surface area (Å²) in [4.78, 5) is 29.7. The van der Waals surface area contributed by atoms with E-state index in [0.717, 1.165) is 12.8 Å². The molecule has 1 aliphatic rings. The van der Waals surface area contributed by atoms with E-state index in [9.17, 15) is 14.0 Å². The van der Waals surface area contributed by atoms with Gasteiger partial charge in [0.2, 0.25) is 17.6 Å². The number of hydrogen-bond donors (Lipinski definition) is 1. The first kappa shape index (κ1) is 29.8. The van der Waals surface area contributed by atoms with Gasteiger partial charge in [-0.2, -0.15) is 0 Å². The molecule has 1 fully saturated rings. The van der Waals surface area contributed by atoms with Gasteiger partial charge in [-0.3, -0.25) is 9.59 Å². The molecule has 0 bridgehead atoms. The average Bonchev–Trinajstić information content (AvgIpc) is 3.70. The third-order valence-electron chi connectivity index (χ3n) is 7.38. The van der Waals surface area contributed by atoms with Crippen LogP contribution < -0.4 is 19.5 Å². The van der Waals surface area contributed by atoms with Gasteiger partial charge in [-0.1, -0.05) is 29.5 Å². The molecule has 0 radical (unpaired) electrons. The average molecular weight is 592 g/mol. The molecule has 1 N–H and O–H groups in total. The Bertz CT molecular complexity index is 1550. The number of amides is 2. The number of nitrogens with one attached hydrogen (secondary N) is 1. The van der Waals surface area contributed by atoms with Gasteiger partial charge >= 0.3 is 0 Å². The van der Waals surface area contributed by atoms with Crippen LogP contribution in [0.15, 0.2) is 60.7 Å². The van der Waals surface area contributed by atoms with E-state index >= 15 is 0 Å². The lowest BCUT2D eigenvalue weighted by Gasteiger charge is -2.32. The Morgan fingerprint density at radius 3 is 2.44 bits per heavy atom. The fourth-order valence-corrected chi connectivity index (χ4v) is 5.21. The first-order valence-electron chi connectivity index (χ1n) is 13.9. The first-order chi connectivity index (χ1) is 20.9. The van der Waals surface area contributed by atoms with Gasteiger partial charge < -0.3 is 29.2 Å². The summed E-state index contributed by atoms with van der Waals surface area (Å²) in [5.74, 6) is -0.255. The van der Waals surface area contributed by atoms with Crippen molar-refractivity contribution in [3.63, 3.8) is 0 Å². The van der Waals surface area contributed by atoms with Gasteiger partial charge in [-0.15, -0.1) is 5.10 Å². The predicted octanol–water partition coefficient (Wildman–Crippen LogP) is 3.66. The number of halogens is 1. The first-order valence-corrected chi connectivity index (χ1v) is 13.9. The summed E-state index contributed by atoms with van der Waals surface area (Å²) in [5.41, 5.74) is 2.36. The van der Waals surface area contributed by atoms with Crippen molar-refractivity contribution in [3.05, 3.63) is 77.6 Å². The van der Waals surface area contributed by atoms with Gasteiger partial charge in [-0.25, -0.2) is 9.07 Å². The molecule has 43 heavy (non-hydrogen) atoms. The number of nitrogens with zero attached hydrogens (tertiary/aromatic N) is 4. The molecule has 0 saturated carbocycles. The highest BCUT2D eigenvalue weighted by atomic mass is 19.1. The summed E-state index contributed by atoms with van der Waals surface area (Å²) in [7, 11) is 4.44. The van der Waals surface area contributed by atoms with Crippen molar-refractivity contribution in [1.29, 1.82) is 0 Å². The van der Waals surface area contributed by atoms with Crippen LogP contribution in [0.4, 0.5) is 4.39 Å². The Hall–Kier alpha value is -4.71. The number of rotatable bonds is 12. The van der Waals surface area contributed by atoms with Gasteiger partial charge in [-0.05, 0) is 60.4 Å². The number of benzene rings is 3. The Kier molecular flexibility index (Phi) is 9.35. The predicted molar refractivity (Wildman–Crippen MR) is 155 cm³/mol. The van der Waals surface area contributed by atoms with Crippen LogP contribution in [-0.2, 0) is 27.4 Å². The molecule has 11 nitrogen and oxygen atoms in total. The van der Waals surface area contributed by atoms with Gasteiger partial charge in [0.05, 0.1) is 33.0 Å². The van der Waals surface area contributed by atoms with E-state index in [4.69, 9.17) is 18.9 Å². The normalized spacial score (nSPS) is 15.2. The van der Waals surface area contributed by atoms with Crippen LogP contribution in [0.5, 0.6) is 17.2 Å². The minimum absolute atomic E-state index is 0.000415. The summed E-state index contributed by atoms with van der Waals surface area (Å²) >= 11 is 0. The molecule has 3 aromatic carbocycles. The van der Waals surface area contributed by atoms with Crippen molar-refractivity contribution in [2.45, 2.75) is 38.1 Å². The van der Waals surface area contributed by atoms with E-state index in [0.29, 0.717) is 46.0 Å². The molecule has 2 atom stereocenters. The number of aromatic nitrogens is 3. The van der Waals surface area contributed by atoms with Crippen LogP contribution in [0.25, 0.3) is 11.0 Å².